The van der Waals surface area contributed by atoms with Crippen molar-refractivity contribution in [1.29, 1.82) is 0 Å². The van der Waals surface area contributed by atoms with Gasteiger partial charge in [0.25, 0.3) is 18.2 Å². The van der Waals surface area contributed by atoms with Crippen molar-refractivity contribution in [3.05, 3.63) is 62.2 Å². The largest absolute Gasteiger partial charge is 0.476 e. The van der Waals surface area contributed by atoms with Gasteiger partial charge < -0.3 is 4.74 Å². The van der Waals surface area contributed by atoms with Crippen molar-refractivity contribution >= 4 is 62.9 Å². The standard InChI is InChI=1S/C18H15ClFNO3.C15H16F5NO2S2/c1-3-10(2)24-16-9-15(14(20)8-13(16)19)21-17(22)11-6-4-5-7-12(11)18(21)23;1-6(2)5-7-8(13(22)24-3)10(12(16)17)21-11(15(18,19)20)9(7)14(23)25-4/h1,8-10H,4-7H2,2H3;6,12H,5H2,1-4H3. The fourth-order valence-corrected chi connectivity index (χ4v) is 6.30. The molecule has 7 nitrogen and oxygen atoms in total. The smallest absolute Gasteiger partial charge is 0.434 e. The molecule has 16 heteroatoms. The Morgan fingerprint density at radius 1 is 1.02 bits per heavy atom. The molecule has 2 amide bonds. The number of terminal acetylenes is 1. The molecule has 49 heavy (non-hydrogen) atoms. The molecule has 2 heterocycles. The monoisotopic (exact) mass is 748 g/mol. The molecule has 1 aromatic heterocycles. The predicted octanol–water partition coefficient (Wildman–Crippen LogP) is 8.87. The van der Waals surface area contributed by atoms with E-state index in [9.17, 15) is 45.5 Å². The molecule has 1 atom stereocenters. The predicted molar refractivity (Wildman–Crippen MR) is 177 cm³/mol. The van der Waals surface area contributed by atoms with Crippen LogP contribution in [0.25, 0.3) is 0 Å². The van der Waals surface area contributed by atoms with Crippen LogP contribution in [-0.4, -0.2) is 45.6 Å². The van der Waals surface area contributed by atoms with Crippen molar-refractivity contribution in [3.8, 4) is 18.1 Å². The average molecular weight is 749 g/mol. The number of pyridine rings is 1. The lowest BCUT2D eigenvalue weighted by Gasteiger charge is -2.21. The maximum Gasteiger partial charge on any atom is 0.434 e. The molecule has 1 unspecified atom stereocenters. The molecule has 0 saturated heterocycles. The van der Waals surface area contributed by atoms with E-state index in [4.69, 9.17) is 22.8 Å². The number of ether oxygens (including phenoxy) is 1. The summed E-state index contributed by atoms with van der Waals surface area (Å²) in [6.07, 6.45) is 1.46. The summed E-state index contributed by atoms with van der Waals surface area (Å²) in [6, 6.07) is 2.27. The average Bonchev–Trinajstić information content (AvgIpc) is 3.29. The van der Waals surface area contributed by atoms with Gasteiger partial charge in [-0.25, -0.2) is 23.1 Å². The van der Waals surface area contributed by atoms with E-state index in [1.165, 1.54) is 18.6 Å². The van der Waals surface area contributed by atoms with Gasteiger partial charge >= 0.3 is 6.18 Å². The molecule has 0 bridgehead atoms. The van der Waals surface area contributed by atoms with Gasteiger partial charge in [0.15, 0.2) is 11.8 Å². The Hall–Kier alpha value is -3.48. The first-order valence-corrected chi connectivity index (χ1v) is 17.5. The fraction of sp³-hybridized carbons (Fsp3) is 0.424. The number of carbonyl (C=O) groups excluding carboxylic acids is 4. The van der Waals surface area contributed by atoms with Crippen LogP contribution in [0.1, 0.15) is 90.5 Å². The third kappa shape index (κ3) is 8.82. The molecule has 264 valence electrons. The van der Waals surface area contributed by atoms with Gasteiger partial charge in [-0.1, -0.05) is 54.9 Å². The summed E-state index contributed by atoms with van der Waals surface area (Å²) in [5.74, 6) is 0.540. The third-order valence-corrected chi connectivity index (χ3v) is 8.81. The molecule has 2 aromatic rings. The number of aromatic nitrogens is 1. The number of imide groups is 1. The number of benzene rings is 1. The molecular weight excluding hydrogens is 718 g/mol. The molecule has 1 aromatic carbocycles. The topological polar surface area (TPSA) is 93.6 Å². The van der Waals surface area contributed by atoms with E-state index in [2.05, 4.69) is 10.9 Å². The molecule has 0 fully saturated rings. The van der Waals surface area contributed by atoms with Crippen LogP contribution in [0.3, 0.4) is 0 Å². The van der Waals surface area contributed by atoms with Crippen LogP contribution in [0, 0.1) is 24.1 Å². The summed E-state index contributed by atoms with van der Waals surface area (Å²) in [5, 5.41) is -1.79. The summed E-state index contributed by atoms with van der Waals surface area (Å²) in [7, 11) is 0. The highest BCUT2D eigenvalue weighted by atomic mass is 35.5. The maximum absolute atomic E-state index is 14.4. The van der Waals surface area contributed by atoms with Gasteiger partial charge in [0.2, 0.25) is 10.2 Å². The summed E-state index contributed by atoms with van der Waals surface area (Å²) in [5.41, 5.74) is -3.82. The zero-order chi connectivity index (χ0) is 37.0. The normalized spacial score (nSPS) is 15.2. The Morgan fingerprint density at radius 3 is 2.00 bits per heavy atom. The summed E-state index contributed by atoms with van der Waals surface area (Å²) in [4.78, 5) is 53.3. The molecule has 0 saturated carbocycles. The number of nitrogens with zero attached hydrogens (tertiary/aromatic N) is 2. The third-order valence-electron chi connectivity index (χ3n) is 7.37. The maximum atomic E-state index is 14.4. The lowest BCUT2D eigenvalue weighted by Crippen LogP contribution is -2.32. The Balaban J connectivity index is 0.000000265. The van der Waals surface area contributed by atoms with E-state index in [1.807, 2.05) is 0 Å². The first kappa shape index (κ1) is 40.0. The van der Waals surface area contributed by atoms with Crippen LogP contribution in [0.4, 0.5) is 32.0 Å². The first-order chi connectivity index (χ1) is 22.9. The molecular formula is C33H31ClF6N2O5S2. The molecule has 1 aliphatic heterocycles. The first-order valence-electron chi connectivity index (χ1n) is 14.7. The van der Waals surface area contributed by atoms with Crippen LogP contribution in [0.2, 0.25) is 5.02 Å². The summed E-state index contributed by atoms with van der Waals surface area (Å²) in [6.45, 7) is 4.93. The van der Waals surface area contributed by atoms with Gasteiger partial charge in [0.05, 0.1) is 21.8 Å². The Morgan fingerprint density at radius 2 is 1.55 bits per heavy atom. The molecule has 2 aliphatic rings. The number of carbonyl (C=O) groups is 4. The highest BCUT2D eigenvalue weighted by molar-refractivity contribution is 8.13. The van der Waals surface area contributed by atoms with E-state index in [0.717, 1.165) is 23.8 Å². The zero-order valence-electron chi connectivity index (χ0n) is 26.9. The lowest BCUT2D eigenvalue weighted by molar-refractivity contribution is -0.141. The van der Waals surface area contributed by atoms with Crippen molar-refractivity contribution in [3.63, 3.8) is 0 Å². The van der Waals surface area contributed by atoms with Gasteiger partial charge in [0, 0.05) is 17.2 Å². The Labute approximate surface area is 292 Å². The number of hydrogen-bond donors (Lipinski definition) is 0. The molecule has 0 spiro atoms. The van der Waals surface area contributed by atoms with E-state index in [1.54, 1.807) is 20.8 Å². The second kappa shape index (κ2) is 16.5. The number of amides is 2. The highest BCUT2D eigenvalue weighted by Crippen LogP contribution is 2.41. The van der Waals surface area contributed by atoms with Crippen molar-refractivity contribution in [1.82, 2.24) is 4.98 Å². The molecule has 4 rings (SSSR count). The number of thioether (sulfide) groups is 2. The van der Waals surface area contributed by atoms with Crippen molar-refractivity contribution < 1.29 is 50.3 Å². The SMILES string of the molecule is C#CC(C)Oc1cc(N2C(=O)C3=C(CCCC3)C2=O)c(F)cc1Cl.CSC(=O)c1c(C(F)F)nc(C(F)(F)F)c(C(=O)SC)c1CC(C)C. The number of anilines is 1. The van der Waals surface area contributed by atoms with E-state index < -0.39 is 69.1 Å². The van der Waals surface area contributed by atoms with Crippen LogP contribution >= 0.6 is 35.1 Å². The van der Waals surface area contributed by atoms with Gasteiger partial charge in [0.1, 0.15) is 17.3 Å². The van der Waals surface area contributed by atoms with Crippen LogP contribution in [0.5, 0.6) is 5.75 Å². The number of alkyl halides is 5. The Bertz CT molecular complexity index is 1710. The highest BCUT2D eigenvalue weighted by Gasteiger charge is 2.43. The molecule has 0 N–H and O–H groups in total. The van der Waals surface area contributed by atoms with Crippen molar-refractivity contribution in [2.24, 2.45) is 5.92 Å². The second-order valence-electron chi connectivity index (χ2n) is 11.2. The minimum atomic E-state index is -5.10. The second-order valence-corrected chi connectivity index (χ2v) is 13.2. The van der Waals surface area contributed by atoms with Gasteiger partial charge in [-0.2, -0.15) is 13.2 Å². The van der Waals surface area contributed by atoms with Gasteiger partial charge in [-0.05, 0) is 69.1 Å². The van der Waals surface area contributed by atoms with E-state index in [0.29, 0.717) is 47.5 Å². The minimum absolute atomic E-state index is 0.0233. The van der Waals surface area contributed by atoms with Crippen LogP contribution in [-0.2, 0) is 22.2 Å². The van der Waals surface area contributed by atoms with Gasteiger partial charge in [-0.15, -0.1) is 6.42 Å². The fourth-order valence-electron chi connectivity index (χ4n) is 5.24. The van der Waals surface area contributed by atoms with Crippen LogP contribution < -0.4 is 9.64 Å². The van der Waals surface area contributed by atoms with E-state index in [-0.39, 0.29) is 34.4 Å². The summed E-state index contributed by atoms with van der Waals surface area (Å²) < 4.78 is 86.6. The van der Waals surface area contributed by atoms with Gasteiger partial charge in [-0.3, -0.25) is 19.2 Å². The summed E-state index contributed by atoms with van der Waals surface area (Å²) >= 11 is 7.06. The minimum Gasteiger partial charge on any atom is -0.476 e. The quantitative estimate of drug-likeness (QED) is 0.150. The van der Waals surface area contributed by atoms with Crippen LogP contribution in [0.15, 0.2) is 23.3 Å². The zero-order valence-corrected chi connectivity index (χ0v) is 29.3. The number of rotatable bonds is 8. The van der Waals surface area contributed by atoms with Crippen molar-refractivity contribution in [2.45, 2.75) is 71.6 Å². The lowest BCUT2D eigenvalue weighted by atomic mass is 9.92. The van der Waals surface area contributed by atoms with Crippen molar-refractivity contribution in [2.75, 3.05) is 17.4 Å². The van der Waals surface area contributed by atoms with E-state index >= 15 is 0 Å². The molecule has 1 aliphatic carbocycles. The Kier molecular flexibility index (Phi) is 13.4. The number of halogens is 7. The molecule has 0 radical (unpaired) electrons. The number of hydrogen-bond acceptors (Lipinski definition) is 8.